The molecular formula is C29H27Cl2N5O3. The Bertz CT molecular complexity index is 1610. The maximum absolute atomic E-state index is 13.6. The van der Waals surface area contributed by atoms with E-state index in [0.717, 1.165) is 27.9 Å². The second kappa shape index (κ2) is 10.4. The molecule has 1 aliphatic rings. The third-order valence-electron chi connectivity index (χ3n) is 7.03. The third kappa shape index (κ3) is 4.86. The summed E-state index contributed by atoms with van der Waals surface area (Å²) >= 11 is 12.7. The predicted molar refractivity (Wildman–Crippen MR) is 152 cm³/mol. The number of benzene rings is 2. The summed E-state index contributed by atoms with van der Waals surface area (Å²) in [5.41, 5.74) is 11.8. The zero-order chi connectivity index (χ0) is 28.0. The zero-order valence-electron chi connectivity index (χ0n) is 22.0. The maximum atomic E-state index is 13.6. The molecule has 0 saturated heterocycles. The van der Waals surface area contributed by atoms with Gasteiger partial charge in [0.25, 0.3) is 5.91 Å². The van der Waals surface area contributed by atoms with Crippen LogP contribution in [0.4, 0.5) is 0 Å². The first-order valence-corrected chi connectivity index (χ1v) is 13.2. The number of carbonyl (C=O) groups excluding carboxylic acids is 2. The highest BCUT2D eigenvalue weighted by Crippen LogP contribution is 2.43. The fraction of sp³-hybridized carbons (Fsp3) is 0.241. The minimum absolute atomic E-state index is 0.00399. The van der Waals surface area contributed by atoms with Gasteiger partial charge >= 0.3 is 0 Å². The highest BCUT2D eigenvalue weighted by Gasteiger charge is 2.32. The van der Waals surface area contributed by atoms with Crippen LogP contribution in [0.25, 0.3) is 28.1 Å². The number of aryl methyl sites for hydroxylation is 1. The lowest BCUT2D eigenvalue weighted by molar-refractivity contribution is 0.0747. The van der Waals surface area contributed by atoms with Gasteiger partial charge in [-0.15, -0.1) is 0 Å². The van der Waals surface area contributed by atoms with Crippen molar-refractivity contribution in [3.05, 3.63) is 81.2 Å². The van der Waals surface area contributed by atoms with Crippen LogP contribution in [0.15, 0.2) is 48.8 Å². The number of pyridine rings is 1. The summed E-state index contributed by atoms with van der Waals surface area (Å²) in [7, 11) is 3.37. The lowest BCUT2D eigenvalue weighted by atomic mass is 9.86. The monoisotopic (exact) mass is 563 g/mol. The van der Waals surface area contributed by atoms with E-state index in [1.165, 1.54) is 6.20 Å². The van der Waals surface area contributed by atoms with Crippen molar-refractivity contribution in [3.63, 3.8) is 0 Å². The SMILES string of the molecule is COc1cc2c(cc1-c1cncc(C(N)=O)c1)-c1c(c(C(=O)N(C)C(C)C)nn1-c1cc(Cl)cc(Cl)c1)CC2. The first kappa shape index (κ1) is 26.7. The lowest BCUT2D eigenvalue weighted by Gasteiger charge is -2.23. The van der Waals surface area contributed by atoms with Crippen molar-refractivity contribution in [1.29, 1.82) is 0 Å². The minimum Gasteiger partial charge on any atom is -0.496 e. The molecule has 0 fully saturated rings. The van der Waals surface area contributed by atoms with Crippen molar-refractivity contribution < 1.29 is 14.3 Å². The number of carbonyl (C=O) groups is 2. The molecule has 2 amide bonds. The average Bonchev–Trinajstić information content (AvgIpc) is 3.31. The summed E-state index contributed by atoms with van der Waals surface area (Å²) < 4.78 is 7.48. The molecule has 200 valence electrons. The quantitative estimate of drug-likeness (QED) is 0.329. The maximum Gasteiger partial charge on any atom is 0.274 e. The van der Waals surface area contributed by atoms with E-state index in [1.54, 1.807) is 54.2 Å². The van der Waals surface area contributed by atoms with Gasteiger partial charge in [0.1, 0.15) is 5.75 Å². The largest absolute Gasteiger partial charge is 0.496 e. The van der Waals surface area contributed by atoms with E-state index < -0.39 is 5.91 Å². The molecule has 4 aromatic rings. The number of halogens is 2. The molecule has 0 spiro atoms. The van der Waals surface area contributed by atoms with Gasteiger partial charge in [-0.2, -0.15) is 5.10 Å². The van der Waals surface area contributed by atoms with Gasteiger partial charge in [0, 0.05) is 57.8 Å². The van der Waals surface area contributed by atoms with E-state index in [0.29, 0.717) is 45.6 Å². The van der Waals surface area contributed by atoms with E-state index >= 15 is 0 Å². The molecule has 2 aromatic heterocycles. The van der Waals surface area contributed by atoms with Crippen molar-refractivity contribution in [2.45, 2.75) is 32.7 Å². The normalized spacial score (nSPS) is 12.2. The number of ether oxygens (including phenoxy) is 1. The van der Waals surface area contributed by atoms with Crippen molar-refractivity contribution in [1.82, 2.24) is 19.7 Å². The second-order valence-corrected chi connectivity index (χ2v) is 10.6. The fourth-order valence-electron chi connectivity index (χ4n) is 4.81. The summed E-state index contributed by atoms with van der Waals surface area (Å²) in [4.78, 5) is 31.3. The van der Waals surface area contributed by atoms with Crippen LogP contribution in [-0.4, -0.2) is 51.7 Å². The number of fused-ring (bicyclic) bond motifs is 3. The number of rotatable bonds is 6. The smallest absolute Gasteiger partial charge is 0.274 e. The second-order valence-electron chi connectivity index (χ2n) is 9.76. The third-order valence-corrected chi connectivity index (χ3v) is 7.47. The van der Waals surface area contributed by atoms with Gasteiger partial charge in [0.2, 0.25) is 5.91 Å². The topological polar surface area (TPSA) is 103 Å². The number of nitrogens with two attached hydrogens (primary N) is 1. The zero-order valence-corrected chi connectivity index (χ0v) is 23.5. The Morgan fingerprint density at radius 1 is 1.03 bits per heavy atom. The van der Waals surface area contributed by atoms with Crippen LogP contribution >= 0.6 is 23.2 Å². The van der Waals surface area contributed by atoms with Crippen LogP contribution in [0, 0.1) is 0 Å². The molecule has 0 saturated carbocycles. The first-order valence-electron chi connectivity index (χ1n) is 12.4. The van der Waals surface area contributed by atoms with E-state index in [1.807, 2.05) is 26.0 Å². The van der Waals surface area contributed by atoms with Crippen LogP contribution in [-0.2, 0) is 12.8 Å². The van der Waals surface area contributed by atoms with Gasteiger partial charge in [-0.25, -0.2) is 4.68 Å². The van der Waals surface area contributed by atoms with Gasteiger partial charge in [-0.05, 0) is 68.7 Å². The standard InChI is InChI=1S/C29H27Cl2N5O3/c1-15(2)35(3)29(38)26-22-6-5-16-8-25(39-4)23(17-7-18(28(32)37)14-33-13-17)12-24(16)27(22)36(34-26)21-10-19(30)9-20(31)11-21/h7-15H,5-6H2,1-4H3,(H2,32,37). The van der Waals surface area contributed by atoms with Crippen molar-refractivity contribution in [3.8, 4) is 33.8 Å². The van der Waals surface area contributed by atoms with Crippen LogP contribution in [0.3, 0.4) is 0 Å². The van der Waals surface area contributed by atoms with Crippen molar-refractivity contribution >= 4 is 35.0 Å². The molecule has 39 heavy (non-hydrogen) atoms. The fourth-order valence-corrected chi connectivity index (χ4v) is 5.33. The molecule has 0 bridgehead atoms. The van der Waals surface area contributed by atoms with Gasteiger partial charge in [0.15, 0.2) is 5.69 Å². The molecule has 5 rings (SSSR count). The summed E-state index contributed by atoms with van der Waals surface area (Å²) in [5, 5.41) is 5.74. The molecule has 2 heterocycles. The number of primary amides is 1. The Labute approximate surface area is 236 Å². The summed E-state index contributed by atoms with van der Waals surface area (Å²) in [5.74, 6) is -0.103. The number of hydrogen-bond donors (Lipinski definition) is 1. The Hall–Kier alpha value is -3.88. The minimum atomic E-state index is -0.572. The predicted octanol–water partition coefficient (Wildman–Crippen LogP) is 5.59. The molecule has 8 nitrogen and oxygen atoms in total. The van der Waals surface area contributed by atoms with Crippen LogP contribution in [0.1, 0.15) is 45.8 Å². The molecule has 0 aliphatic heterocycles. The van der Waals surface area contributed by atoms with Gasteiger partial charge < -0.3 is 15.4 Å². The molecule has 1 aliphatic carbocycles. The van der Waals surface area contributed by atoms with Crippen LogP contribution < -0.4 is 10.5 Å². The number of nitrogens with zero attached hydrogens (tertiary/aromatic N) is 4. The Balaban J connectivity index is 1.79. The number of amides is 2. The van der Waals surface area contributed by atoms with E-state index in [4.69, 9.17) is 38.8 Å². The van der Waals surface area contributed by atoms with E-state index in [-0.39, 0.29) is 17.5 Å². The molecule has 2 aromatic carbocycles. The Morgan fingerprint density at radius 2 is 1.74 bits per heavy atom. The number of methoxy groups -OCH3 is 1. The molecule has 0 atom stereocenters. The summed E-state index contributed by atoms with van der Waals surface area (Å²) in [6.07, 6.45) is 4.38. The molecule has 0 unspecified atom stereocenters. The van der Waals surface area contributed by atoms with Gasteiger partial charge in [-0.3, -0.25) is 14.6 Å². The van der Waals surface area contributed by atoms with Crippen molar-refractivity contribution in [2.75, 3.05) is 14.2 Å². The Morgan fingerprint density at radius 3 is 2.38 bits per heavy atom. The van der Waals surface area contributed by atoms with Gasteiger partial charge in [0.05, 0.1) is 24.1 Å². The van der Waals surface area contributed by atoms with Crippen LogP contribution in [0.2, 0.25) is 10.0 Å². The Kier molecular flexibility index (Phi) is 7.09. The first-order chi connectivity index (χ1) is 18.6. The molecule has 0 radical (unpaired) electrons. The molecular weight excluding hydrogens is 537 g/mol. The highest BCUT2D eigenvalue weighted by molar-refractivity contribution is 6.34. The van der Waals surface area contributed by atoms with Crippen molar-refractivity contribution in [2.24, 2.45) is 5.73 Å². The molecule has 10 heteroatoms. The average molecular weight is 564 g/mol. The number of hydrogen-bond acceptors (Lipinski definition) is 5. The number of aromatic nitrogens is 3. The van der Waals surface area contributed by atoms with Gasteiger partial charge in [-0.1, -0.05) is 23.2 Å². The lowest BCUT2D eigenvalue weighted by Crippen LogP contribution is -2.34. The highest BCUT2D eigenvalue weighted by atomic mass is 35.5. The van der Waals surface area contributed by atoms with Crippen LogP contribution in [0.5, 0.6) is 5.75 Å². The van der Waals surface area contributed by atoms with E-state index in [2.05, 4.69) is 4.98 Å². The summed E-state index contributed by atoms with van der Waals surface area (Å²) in [6, 6.07) is 10.8. The van der Waals surface area contributed by atoms with E-state index in [9.17, 15) is 9.59 Å². The summed E-state index contributed by atoms with van der Waals surface area (Å²) in [6.45, 7) is 3.92. The molecule has 2 N–H and O–H groups in total.